The van der Waals surface area contributed by atoms with Crippen molar-refractivity contribution in [3.63, 3.8) is 0 Å². The van der Waals surface area contributed by atoms with Crippen molar-refractivity contribution in [1.82, 2.24) is 19.7 Å². The molecule has 0 aromatic carbocycles. The Morgan fingerprint density at radius 3 is 2.73 bits per heavy atom. The lowest BCUT2D eigenvalue weighted by molar-refractivity contribution is -0.136. The zero-order chi connectivity index (χ0) is 18.1. The van der Waals surface area contributed by atoms with E-state index in [-0.39, 0.29) is 17.4 Å². The Hall–Kier alpha value is -2.70. The maximum Gasteiger partial charge on any atom is 0.266 e. The second kappa shape index (κ2) is 6.90. The topological polar surface area (TPSA) is 71.3 Å². The Morgan fingerprint density at radius 2 is 2.00 bits per heavy atom. The molecule has 0 spiro atoms. The third-order valence-electron chi connectivity index (χ3n) is 5.37. The second-order valence-corrected chi connectivity index (χ2v) is 7.02. The number of hydrogen-bond acceptors (Lipinski definition) is 5. The third kappa shape index (κ3) is 3.21. The number of piperazine rings is 1. The van der Waals surface area contributed by atoms with E-state index in [2.05, 4.69) is 15.0 Å². The van der Waals surface area contributed by atoms with Crippen molar-refractivity contribution in [2.24, 2.45) is 13.0 Å². The first-order valence-corrected chi connectivity index (χ1v) is 9.12. The number of fused-ring (bicyclic) bond motifs is 1. The van der Waals surface area contributed by atoms with Gasteiger partial charge < -0.3 is 9.80 Å². The number of aryl methyl sites for hydroxylation is 2. The molecular formula is C19H23N5O2. The minimum absolute atomic E-state index is 0.0437. The van der Waals surface area contributed by atoms with Crippen LogP contribution in [0.2, 0.25) is 0 Å². The highest BCUT2D eigenvalue weighted by Gasteiger charge is 2.31. The van der Waals surface area contributed by atoms with Crippen molar-refractivity contribution >= 4 is 11.7 Å². The van der Waals surface area contributed by atoms with E-state index in [1.165, 1.54) is 4.68 Å². The van der Waals surface area contributed by atoms with Gasteiger partial charge >= 0.3 is 0 Å². The molecule has 7 nitrogen and oxygen atoms in total. The van der Waals surface area contributed by atoms with Crippen LogP contribution in [0.3, 0.4) is 0 Å². The molecule has 26 heavy (non-hydrogen) atoms. The summed E-state index contributed by atoms with van der Waals surface area (Å²) in [7, 11) is 1.67. The quantitative estimate of drug-likeness (QED) is 0.792. The summed E-state index contributed by atoms with van der Waals surface area (Å²) in [6.07, 6.45) is 3.98. The molecule has 1 aliphatic carbocycles. The summed E-state index contributed by atoms with van der Waals surface area (Å²) < 4.78 is 1.37. The molecule has 3 heterocycles. The average Bonchev–Trinajstić information content (AvgIpc) is 2.69. The Kier molecular flexibility index (Phi) is 4.44. The van der Waals surface area contributed by atoms with Gasteiger partial charge in [0.1, 0.15) is 5.82 Å². The summed E-state index contributed by atoms with van der Waals surface area (Å²) in [4.78, 5) is 33.3. The molecule has 0 N–H and O–H groups in total. The first-order chi connectivity index (χ1) is 12.6. The molecule has 0 bridgehead atoms. The molecule has 1 fully saturated rings. The van der Waals surface area contributed by atoms with E-state index < -0.39 is 0 Å². The lowest BCUT2D eigenvalue weighted by Gasteiger charge is -2.37. The van der Waals surface area contributed by atoms with Crippen LogP contribution in [0.1, 0.15) is 17.7 Å². The predicted molar refractivity (Wildman–Crippen MR) is 98.0 cm³/mol. The van der Waals surface area contributed by atoms with Gasteiger partial charge in [0.05, 0.1) is 5.69 Å². The third-order valence-corrected chi connectivity index (χ3v) is 5.37. The largest absolute Gasteiger partial charge is 0.353 e. The van der Waals surface area contributed by atoms with Gasteiger partial charge in [0, 0.05) is 51.4 Å². The summed E-state index contributed by atoms with van der Waals surface area (Å²) in [5.41, 5.74) is 1.78. The van der Waals surface area contributed by atoms with Gasteiger partial charge in [-0.15, -0.1) is 0 Å². The van der Waals surface area contributed by atoms with Crippen LogP contribution in [0, 0.1) is 5.92 Å². The van der Waals surface area contributed by atoms with Crippen molar-refractivity contribution in [2.75, 3.05) is 31.1 Å². The fraction of sp³-hybridized carbons (Fsp3) is 0.474. The summed E-state index contributed by atoms with van der Waals surface area (Å²) >= 11 is 0. The number of carbonyl (C=O) groups excluding carboxylic acids is 1. The van der Waals surface area contributed by atoms with E-state index >= 15 is 0 Å². The van der Waals surface area contributed by atoms with Crippen LogP contribution >= 0.6 is 0 Å². The highest BCUT2D eigenvalue weighted by atomic mass is 16.2. The van der Waals surface area contributed by atoms with Gasteiger partial charge in [-0.25, -0.2) is 9.67 Å². The lowest BCUT2D eigenvalue weighted by atomic mass is 9.86. The predicted octanol–water partition coefficient (Wildman–Crippen LogP) is 0.629. The Bertz CT molecular complexity index is 856. The lowest BCUT2D eigenvalue weighted by Crippen LogP contribution is -2.51. The molecule has 1 saturated heterocycles. The van der Waals surface area contributed by atoms with Gasteiger partial charge in [0.15, 0.2) is 0 Å². The molecule has 0 radical (unpaired) electrons. The Labute approximate surface area is 152 Å². The average molecular weight is 353 g/mol. The van der Waals surface area contributed by atoms with Gasteiger partial charge in [-0.1, -0.05) is 6.07 Å². The normalized spacial score (nSPS) is 20.0. The highest BCUT2D eigenvalue weighted by Crippen LogP contribution is 2.25. The molecule has 136 valence electrons. The fourth-order valence-electron chi connectivity index (χ4n) is 3.85. The van der Waals surface area contributed by atoms with Crippen LogP contribution in [0.4, 0.5) is 5.82 Å². The van der Waals surface area contributed by atoms with Gasteiger partial charge in [0.2, 0.25) is 5.91 Å². The Morgan fingerprint density at radius 1 is 1.19 bits per heavy atom. The molecule has 4 rings (SSSR count). The highest BCUT2D eigenvalue weighted by molar-refractivity contribution is 5.79. The van der Waals surface area contributed by atoms with Crippen LogP contribution in [0.5, 0.6) is 0 Å². The summed E-state index contributed by atoms with van der Waals surface area (Å²) in [5, 5.41) is 4.33. The van der Waals surface area contributed by atoms with E-state index in [1.807, 2.05) is 23.1 Å². The van der Waals surface area contributed by atoms with E-state index in [9.17, 15) is 9.59 Å². The fourth-order valence-corrected chi connectivity index (χ4v) is 3.85. The number of aromatic nitrogens is 3. The molecule has 2 aromatic rings. The van der Waals surface area contributed by atoms with Crippen molar-refractivity contribution in [1.29, 1.82) is 0 Å². The molecule has 1 amide bonds. The van der Waals surface area contributed by atoms with Crippen molar-refractivity contribution in [3.05, 3.63) is 52.1 Å². The molecule has 7 heteroatoms. The zero-order valence-corrected chi connectivity index (χ0v) is 15.0. The van der Waals surface area contributed by atoms with Crippen LogP contribution < -0.4 is 10.5 Å². The van der Waals surface area contributed by atoms with Gasteiger partial charge in [-0.3, -0.25) is 9.59 Å². The SMILES string of the molecule is Cn1nc2c(cc1=O)CC(C(=O)N1CCN(c3ccccn3)CC1)CC2. The number of hydrogen-bond donors (Lipinski definition) is 0. The molecule has 1 unspecified atom stereocenters. The summed E-state index contributed by atoms with van der Waals surface area (Å²) in [5.74, 6) is 1.13. The minimum atomic E-state index is -0.110. The first kappa shape index (κ1) is 16.8. The number of nitrogens with zero attached hydrogens (tertiary/aromatic N) is 5. The van der Waals surface area contributed by atoms with E-state index in [0.29, 0.717) is 19.5 Å². The molecular weight excluding hydrogens is 330 g/mol. The second-order valence-electron chi connectivity index (χ2n) is 7.02. The molecule has 1 atom stereocenters. The van der Waals surface area contributed by atoms with Gasteiger partial charge in [-0.05, 0) is 37.0 Å². The van der Waals surface area contributed by atoms with Crippen LogP contribution in [0.25, 0.3) is 0 Å². The standard InChI is InChI=1S/C19H23N5O2/c1-22-18(25)13-15-12-14(5-6-16(15)21-22)19(26)24-10-8-23(9-11-24)17-4-2-3-7-20-17/h2-4,7,13-14H,5-6,8-12H2,1H3. The molecule has 2 aromatic heterocycles. The number of carbonyl (C=O) groups is 1. The molecule has 2 aliphatic rings. The number of pyridine rings is 1. The van der Waals surface area contributed by atoms with E-state index in [0.717, 1.165) is 43.0 Å². The van der Waals surface area contributed by atoms with Gasteiger partial charge in [-0.2, -0.15) is 5.10 Å². The smallest absolute Gasteiger partial charge is 0.266 e. The summed E-state index contributed by atoms with van der Waals surface area (Å²) in [6.45, 7) is 3.03. The van der Waals surface area contributed by atoms with Crippen molar-refractivity contribution < 1.29 is 4.79 Å². The van der Waals surface area contributed by atoms with E-state index in [4.69, 9.17) is 0 Å². The maximum atomic E-state index is 12.9. The van der Waals surface area contributed by atoms with Crippen LogP contribution in [0.15, 0.2) is 35.3 Å². The van der Waals surface area contributed by atoms with Crippen molar-refractivity contribution in [3.8, 4) is 0 Å². The maximum absolute atomic E-state index is 12.9. The number of amides is 1. The summed E-state index contributed by atoms with van der Waals surface area (Å²) in [6, 6.07) is 7.54. The zero-order valence-electron chi connectivity index (χ0n) is 15.0. The first-order valence-electron chi connectivity index (χ1n) is 9.12. The van der Waals surface area contributed by atoms with E-state index in [1.54, 1.807) is 19.3 Å². The monoisotopic (exact) mass is 353 g/mol. The Balaban J connectivity index is 1.40. The van der Waals surface area contributed by atoms with Gasteiger partial charge in [0.25, 0.3) is 5.56 Å². The van der Waals surface area contributed by atoms with Crippen molar-refractivity contribution in [2.45, 2.75) is 19.3 Å². The molecule has 0 saturated carbocycles. The number of anilines is 1. The number of rotatable bonds is 2. The van der Waals surface area contributed by atoms with Crippen LogP contribution in [-0.2, 0) is 24.7 Å². The molecule has 1 aliphatic heterocycles. The minimum Gasteiger partial charge on any atom is -0.353 e. The van der Waals surface area contributed by atoms with Crippen LogP contribution in [-0.4, -0.2) is 51.8 Å².